The van der Waals surface area contributed by atoms with Gasteiger partial charge in [0.2, 0.25) is 0 Å². The zero-order chi connectivity index (χ0) is 13.9. The molecule has 0 aliphatic rings. The summed E-state index contributed by atoms with van der Waals surface area (Å²) >= 11 is 1.57. The van der Waals surface area contributed by atoms with E-state index < -0.39 is 7.12 Å². The van der Waals surface area contributed by atoms with Gasteiger partial charge >= 0.3 is 7.12 Å². The quantitative estimate of drug-likeness (QED) is 0.715. The molecule has 2 aromatic heterocycles. The van der Waals surface area contributed by atoms with E-state index in [0.717, 1.165) is 21.8 Å². The molecule has 0 aliphatic carbocycles. The number of hydrogen-bond acceptors (Lipinski definition) is 5. The SMILES string of the molecule is OB(O)c1ccc(-c2csc(-c3ccncc3)n2)cc1. The first-order chi connectivity index (χ1) is 9.74. The number of pyridine rings is 1. The van der Waals surface area contributed by atoms with Crippen molar-refractivity contribution in [1.82, 2.24) is 9.97 Å². The fourth-order valence-electron chi connectivity index (χ4n) is 1.86. The third-order valence-corrected chi connectivity index (χ3v) is 3.83. The summed E-state index contributed by atoms with van der Waals surface area (Å²) in [6, 6.07) is 10.9. The second-order valence-corrected chi connectivity index (χ2v) is 5.13. The predicted octanol–water partition coefficient (Wildman–Crippen LogP) is 1.55. The Morgan fingerprint density at radius 1 is 0.900 bits per heavy atom. The Labute approximate surface area is 120 Å². The third-order valence-electron chi connectivity index (χ3n) is 2.94. The monoisotopic (exact) mass is 282 g/mol. The van der Waals surface area contributed by atoms with E-state index in [1.807, 2.05) is 29.6 Å². The molecule has 6 heteroatoms. The molecule has 2 heterocycles. The van der Waals surface area contributed by atoms with Crippen LogP contribution >= 0.6 is 11.3 Å². The standard InChI is InChI=1S/C14H11BN2O2S/c18-15(19)12-3-1-10(2-4-12)13-9-20-14(17-13)11-5-7-16-8-6-11/h1-9,18-19H. The van der Waals surface area contributed by atoms with Crippen molar-refractivity contribution >= 4 is 23.9 Å². The molecular formula is C14H11BN2O2S. The van der Waals surface area contributed by atoms with Crippen LogP contribution in [0, 0.1) is 0 Å². The highest BCUT2D eigenvalue weighted by Gasteiger charge is 2.11. The number of hydrogen-bond donors (Lipinski definition) is 2. The molecule has 20 heavy (non-hydrogen) atoms. The number of rotatable bonds is 3. The fourth-order valence-corrected chi connectivity index (χ4v) is 2.69. The van der Waals surface area contributed by atoms with Crippen molar-refractivity contribution in [3.63, 3.8) is 0 Å². The fraction of sp³-hybridized carbons (Fsp3) is 0. The van der Waals surface area contributed by atoms with E-state index in [1.54, 1.807) is 35.9 Å². The van der Waals surface area contributed by atoms with Crippen LogP contribution in [0.3, 0.4) is 0 Å². The number of benzene rings is 1. The van der Waals surface area contributed by atoms with Gasteiger partial charge in [0.25, 0.3) is 0 Å². The van der Waals surface area contributed by atoms with Crippen LogP contribution in [-0.4, -0.2) is 27.1 Å². The maximum atomic E-state index is 9.07. The number of nitrogens with zero attached hydrogens (tertiary/aromatic N) is 2. The molecule has 0 saturated carbocycles. The van der Waals surface area contributed by atoms with Crippen LogP contribution in [0.1, 0.15) is 0 Å². The van der Waals surface area contributed by atoms with Gasteiger partial charge in [-0.05, 0) is 17.6 Å². The zero-order valence-electron chi connectivity index (χ0n) is 10.5. The topological polar surface area (TPSA) is 66.2 Å². The lowest BCUT2D eigenvalue weighted by molar-refractivity contribution is 0.426. The van der Waals surface area contributed by atoms with Crippen LogP contribution < -0.4 is 5.46 Å². The highest BCUT2D eigenvalue weighted by Crippen LogP contribution is 2.28. The summed E-state index contributed by atoms with van der Waals surface area (Å²) < 4.78 is 0. The minimum Gasteiger partial charge on any atom is -0.423 e. The van der Waals surface area contributed by atoms with E-state index in [2.05, 4.69) is 9.97 Å². The van der Waals surface area contributed by atoms with Crippen LogP contribution in [0.15, 0.2) is 54.2 Å². The second kappa shape index (κ2) is 5.54. The smallest absolute Gasteiger partial charge is 0.423 e. The van der Waals surface area contributed by atoms with Gasteiger partial charge in [-0.15, -0.1) is 11.3 Å². The molecule has 3 rings (SSSR count). The number of thiazole rings is 1. The van der Waals surface area contributed by atoms with Crippen molar-refractivity contribution in [1.29, 1.82) is 0 Å². The summed E-state index contributed by atoms with van der Waals surface area (Å²) in [5.41, 5.74) is 3.34. The van der Waals surface area contributed by atoms with Gasteiger partial charge < -0.3 is 10.0 Å². The van der Waals surface area contributed by atoms with Gasteiger partial charge in [-0.25, -0.2) is 4.98 Å². The molecule has 4 nitrogen and oxygen atoms in total. The molecule has 0 aliphatic heterocycles. The van der Waals surface area contributed by atoms with Gasteiger partial charge in [0, 0.05) is 28.9 Å². The Morgan fingerprint density at radius 3 is 2.25 bits per heavy atom. The molecule has 0 saturated heterocycles. The lowest BCUT2D eigenvalue weighted by Gasteiger charge is -2.00. The van der Waals surface area contributed by atoms with Crippen molar-refractivity contribution in [3.05, 3.63) is 54.2 Å². The van der Waals surface area contributed by atoms with E-state index in [4.69, 9.17) is 10.0 Å². The summed E-state index contributed by atoms with van der Waals surface area (Å²) in [7, 11) is -1.44. The van der Waals surface area contributed by atoms with Crippen LogP contribution in [0.4, 0.5) is 0 Å². The van der Waals surface area contributed by atoms with Gasteiger partial charge in [-0.1, -0.05) is 24.3 Å². The molecule has 0 radical (unpaired) electrons. The molecule has 98 valence electrons. The predicted molar refractivity (Wildman–Crippen MR) is 80.6 cm³/mol. The van der Waals surface area contributed by atoms with Gasteiger partial charge in [0.1, 0.15) is 5.01 Å². The first-order valence-electron chi connectivity index (χ1n) is 6.06. The summed E-state index contributed by atoms with van der Waals surface area (Å²) in [6.45, 7) is 0. The summed E-state index contributed by atoms with van der Waals surface area (Å²) in [6.07, 6.45) is 3.49. The minimum atomic E-state index is -1.44. The van der Waals surface area contributed by atoms with Crippen molar-refractivity contribution in [3.8, 4) is 21.8 Å². The van der Waals surface area contributed by atoms with Crippen LogP contribution in [0.25, 0.3) is 21.8 Å². The lowest BCUT2D eigenvalue weighted by Crippen LogP contribution is -2.29. The first-order valence-corrected chi connectivity index (χ1v) is 6.94. The van der Waals surface area contributed by atoms with Crippen LogP contribution in [0.2, 0.25) is 0 Å². The third kappa shape index (κ3) is 2.62. The molecule has 0 spiro atoms. The molecule has 0 bridgehead atoms. The molecular weight excluding hydrogens is 271 g/mol. The Morgan fingerprint density at radius 2 is 1.60 bits per heavy atom. The molecule has 0 atom stereocenters. The van der Waals surface area contributed by atoms with Crippen molar-refractivity contribution < 1.29 is 10.0 Å². The van der Waals surface area contributed by atoms with Crippen LogP contribution in [-0.2, 0) is 0 Å². The van der Waals surface area contributed by atoms with E-state index in [1.165, 1.54) is 0 Å². The summed E-state index contributed by atoms with van der Waals surface area (Å²) in [4.78, 5) is 8.58. The van der Waals surface area contributed by atoms with Gasteiger partial charge in [-0.2, -0.15) is 0 Å². The average Bonchev–Trinajstić information content (AvgIpc) is 2.98. The first kappa shape index (κ1) is 13.0. The normalized spacial score (nSPS) is 10.5. The van der Waals surface area contributed by atoms with Gasteiger partial charge in [-0.3, -0.25) is 4.98 Å². The summed E-state index contributed by atoms with van der Waals surface area (Å²) in [5.74, 6) is 0. The largest absolute Gasteiger partial charge is 0.488 e. The molecule has 0 amide bonds. The van der Waals surface area contributed by atoms with E-state index in [9.17, 15) is 0 Å². The lowest BCUT2D eigenvalue weighted by atomic mass is 9.80. The average molecular weight is 282 g/mol. The molecule has 0 fully saturated rings. The molecule has 0 unspecified atom stereocenters. The zero-order valence-corrected chi connectivity index (χ0v) is 11.3. The molecule has 2 N–H and O–H groups in total. The Bertz CT molecular complexity index is 699. The minimum absolute atomic E-state index is 0.471. The van der Waals surface area contributed by atoms with Crippen molar-refractivity contribution in [2.45, 2.75) is 0 Å². The highest BCUT2D eigenvalue weighted by atomic mass is 32.1. The van der Waals surface area contributed by atoms with E-state index >= 15 is 0 Å². The maximum Gasteiger partial charge on any atom is 0.488 e. The van der Waals surface area contributed by atoms with Crippen molar-refractivity contribution in [2.75, 3.05) is 0 Å². The molecule has 1 aromatic carbocycles. The summed E-state index contributed by atoms with van der Waals surface area (Å²) in [5, 5.41) is 21.1. The van der Waals surface area contributed by atoms with Gasteiger partial charge in [0.15, 0.2) is 0 Å². The van der Waals surface area contributed by atoms with Gasteiger partial charge in [0.05, 0.1) is 5.69 Å². The molecule has 3 aromatic rings. The number of aromatic nitrogens is 2. The van der Waals surface area contributed by atoms with E-state index in [-0.39, 0.29) is 0 Å². The Kier molecular flexibility index (Phi) is 3.60. The van der Waals surface area contributed by atoms with Crippen LogP contribution in [0.5, 0.6) is 0 Å². The van der Waals surface area contributed by atoms with E-state index in [0.29, 0.717) is 5.46 Å². The second-order valence-electron chi connectivity index (χ2n) is 4.27. The maximum absolute atomic E-state index is 9.07. The highest BCUT2D eigenvalue weighted by molar-refractivity contribution is 7.13. The van der Waals surface area contributed by atoms with Crippen molar-refractivity contribution in [2.24, 2.45) is 0 Å². The Balaban J connectivity index is 1.90. The Hall–Kier alpha value is -2.02.